The molecule has 3 heteroatoms. The summed E-state index contributed by atoms with van der Waals surface area (Å²) in [5.74, 6) is -0.635. The molecule has 0 bridgehead atoms. The van der Waals surface area contributed by atoms with E-state index >= 15 is 0 Å². The van der Waals surface area contributed by atoms with Crippen molar-refractivity contribution in [3.05, 3.63) is 12.2 Å². The Morgan fingerprint density at radius 2 is 2.25 bits per heavy atom. The van der Waals surface area contributed by atoms with Crippen LogP contribution in [0.3, 0.4) is 0 Å². The zero-order valence-electron chi connectivity index (χ0n) is 7.24. The average Bonchev–Trinajstić information content (AvgIpc) is 2.08. The van der Waals surface area contributed by atoms with Crippen LogP contribution in [0.15, 0.2) is 12.2 Å². The fraction of sp³-hybridized carbons (Fsp3) is 0.556. The van der Waals surface area contributed by atoms with E-state index in [2.05, 4.69) is 4.74 Å². The summed E-state index contributed by atoms with van der Waals surface area (Å²) < 4.78 is 4.53. The highest BCUT2D eigenvalue weighted by Gasteiger charge is 2.25. The van der Waals surface area contributed by atoms with E-state index in [1.54, 1.807) is 12.2 Å². The van der Waals surface area contributed by atoms with Gasteiger partial charge in [0, 0.05) is 12.3 Å². The number of ether oxygens (including phenoxy) is 1. The first-order valence-corrected chi connectivity index (χ1v) is 3.94. The molecule has 0 aromatic rings. The second kappa shape index (κ2) is 3.52. The maximum atomic E-state index is 11.2. The van der Waals surface area contributed by atoms with Gasteiger partial charge in [0.1, 0.15) is 5.78 Å². The molecule has 0 saturated heterocycles. The molecule has 0 N–H and O–H groups in total. The first-order valence-electron chi connectivity index (χ1n) is 3.94. The average molecular weight is 168 g/mol. The Labute approximate surface area is 71.4 Å². The molecule has 0 radical (unpaired) electrons. The second-order valence-electron chi connectivity index (χ2n) is 2.97. The van der Waals surface area contributed by atoms with Crippen molar-refractivity contribution in [2.45, 2.75) is 13.3 Å². The molecule has 0 aromatic carbocycles. The lowest BCUT2D eigenvalue weighted by atomic mass is 9.88. The minimum Gasteiger partial charge on any atom is -0.469 e. The predicted octanol–water partition coefficient (Wildman–Crippen LogP) is 0.941. The maximum Gasteiger partial charge on any atom is 0.312 e. The lowest BCUT2D eigenvalue weighted by molar-refractivity contribution is -0.145. The van der Waals surface area contributed by atoms with Crippen molar-refractivity contribution in [2.24, 2.45) is 11.8 Å². The highest BCUT2D eigenvalue weighted by atomic mass is 16.5. The molecule has 0 saturated carbocycles. The third-order valence-corrected chi connectivity index (χ3v) is 2.06. The molecular weight excluding hydrogens is 156 g/mol. The van der Waals surface area contributed by atoms with Gasteiger partial charge in [0.2, 0.25) is 0 Å². The van der Waals surface area contributed by atoms with Crippen LogP contribution < -0.4 is 0 Å². The van der Waals surface area contributed by atoms with Gasteiger partial charge in [-0.25, -0.2) is 0 Å². The number of rotatable bonds is 1. The van der Waals surface area contributed by atoms with Crippen LogP contribution in [0.2, 0.25) is 0 Å². The van der Waals surface area contributed by atoms with E-state index in [0.29, 0.717) is 0 Å². The van der Waals surface area contributed by atoms with Crippen LogP contribution in [0.5, 0.6) is 0 Å². The lowest BCUT2D eigenvalue weighted by Crippen LogP contribution is -2.24. The van der Waals surface area contributed by atoms with E-state index in [0.717, 1.165) is 0 Å². The van der Waals surface area contributed by atoms with Gasteiger partial charge in [-0.2, -0.15) is 0 Å². The molecule has 3 nitrogen and oxygen atoms in total. The van der Waals surface area contributed by atoms with E-state index in [-0.39, 0.29) is 30.0 Å². The third kappa shape index (κ3) is 1.72. The number of ketones is 1. The topological polar surface area (TPSA) is 43.4 Å². The number of methoxy groups -OCH3 is 1. The van der Waals surface area contributed by atoms with Crippen molar-refractivity contribution in [3.63, 3.8) is 0 Å². The Balaban J connectivity index is 2.67. The molecule has 1 aliphatic rings. The molecule has 0 heterocycles. The number of carbonyl (C=O) groups is 2. The Morgan fingerprint density at radius 3 is 2.75 bits per heavy atom. The summed E-state index contributed by atoms with van der Waals surface area (Å²) in [5.41, 5.74) is 0. The standard InChI is InChI=1S/C9H12O3/c1-6-3-4-7(5-8(6)10)9(11)12-2/h3-4,6-7H,5H2,1-2H3. The van der Waals surface area contributed by atoms with E-state index in [1.165, 1.54) is 7.11 Å². The van der Waals surface area contributed by atoms with Crippen LogP contribution in [0.1, 0.15) is 13.3 Å². The Kier molecular flexibility index (Phi) is 2.63. The van der Waals surface area contributed by atoms with E-state index < -0.39 is 0 Å². The maximum absolute atomic E-state index is 11.2. The Hall–Kier alpha value is -1.12. The van der Waals surface area contributed by atoms with Gasteiger partial charge in [-0.05, 0) is 0 Å². The summed E-state index contributed by atoms with van der Waals surface area (Å²) in [7, 11) is 1.33. The molecule has 0 amide bonds. The van der Waals surface area contributed by atoms with Gasteiger partial charge in [0.05, 0.1) is 13.0 Å². The van der Waals surface area contributed by atoms with E-state index in [4.69, 9.17) is 0 Å². The quantitative estimate of drug-likeness (QED) is 0.432. The molecule has 66 valence electrons. The number of Topliss-reactive ketones (excluding diaryl/α,β-unsaturated/α-hetero) is 1. The number of hydrogen-bond acceptors (Lipinski definition) is 3. The fourth-order valence-electron chi connectivity index (χ4n) is 1.19. The summed E-state index contributed by atoms with van der Waals surface area (Å²) in [5, 5.41) is 0. The van der Waals surface area contributed by atoms with Crippen molar-refractivity contribution in [3.8, 4) is 0 Å². The normalized spacial score (nSPS) is 28.7. The monoisotopic (exact) mass is 168 g/mol. The van der Waals surface area contributed by atoms with Crippen LogP contribution >= 0.6 is 0 Å². The highest BCUT2D eigenvalue weighted by molar-refractivity contribution is 5.89. The van der Waals surface area contributed by atoms with Gasteiger partial charge in [0.15, 0.2) is 0 Å². The van der Waals surface area contributed by atoms with Gasteiger partial charge >= 0.3 is 5.97 Å². The second-order valence-corrected chi connectivity index (χ2v) is 2.97. The summed E-state index contributed by atoms with van der Waals surface area (Å²) in [6, 6.07) is 0. The van der Waals surface area contributed by atoms with Gasteiger partial charge < -0.3 is 4.74 Å². The predicted molar refractivity (Wildman–Crippen MR) is 43.4 cm³/mol. The zero-order chi connectivity index (χ0) is 9.14. The Bertz CT molecular complexity index is 230. The summed E-state index contributed by atoms with van der Waals surface area (Å²) in [4.78, 5) is 22.2. The smallest absolute Gasteiger partial charge is 0.312 e. The Morgan fingerprint density at radius 1 is 1.58 bits per heavy atom. The first kappa shape index (κ1) is 8.97. The van der Waals surface area contributed by atoms with Gasteiger partial charge in [0.25, 0.3) is 0 Å². The van der Waals surface area contributed by atoms with Gasteiger partial charge in [-0.3, -0.25) is 9.59 Å². The van der Waals surface area contributed by atoms with Crippen molar-refractivity contribution >= 4 is 11.8 Å². The van der Waals surface area contributed by atoms with Crippen molar-refractivity contribution in [2.75, 3.05) is 7.11 Å². The molecule has 1 rings (SSSR count). The van der Waals surface area contributed by atoms with E-state index in [9.17, 15) is 9.59 Å². The van der Waals surface area contributed by atoms with Crippen molar-refractivity contribution in [1.29, 1.82) is 0 Å². The van der Waals surface area contributed by atoms with Crippen molar-refractivity contribution < 1.29 is 14.3 Å². The van der Waals surface area contributed by atoms with Gasteiger partial charge in [-0.1, -0.05) is 19.1 Å². The minimum atomic E-state index is -0.362. The molecule has 0 aromatic heterocycles. The molecule has 12 heavy (non-hydrogen) atoms. The van der Waals surface area contributed by atoms with Crippen LogP contribution in [-0.2, 0) is 14.3 Å². The molecular formula is C9H12O3. The molecule has 2 atom stereocenters. The summed E-state index contributed by atoms with van der Waals surface area (Å²) in [6.45, 7) is 1.83. The van der Waals surface area contributed by atoms with Crippen LogP contribution in [-0.4, -0.2) is 18.9 Å². The number of esters is 1. The third-order valence-electron chi connectivity index (χ3n) is 2.06. The van der Waals surface area contributed by atoms with Crippen molar-refractivity contribution in [1.82, 2.24) is 0 Å². The summed E-state index contributed by atoms with van der Waals surface area (Å²) in [6.07, 6.45) is 3.79. The number of hydrogen-bond donors (Lipinski definition) is 0. The molecule has 1 aliphatic carbocycles. The first-order chi connectivity index (χ1) is 5.65. The lowest BCUT2D eigenvalue weighted by Gasteiger charge is -2.16. The van der Waals surface area contributed by atoms with Crippen LogP contribution in [0.25, 0.3) is 0 Å². The zero-order valence-corrected chi connectivity index (χ0v) is 7.24. The molecule has 0 spiro atoms. The summed E-state index contributed by atoms with van der Waals surface area (Å²) >= 11 is 0. The van der Waals surface area contributed by atoms with E-state index in [1.807, 2.05) is 6.92 Å². The fourth-order valence-corrected chi connectivity index (χ4v) is 1.19. The van der Waals surface area contributed by atoms with Crippen LogP contribution in [0, 0.1) is 11.8 Å². The number of allylic oxidation sites excluding steroid dienone is 1. The van der Waals surface area contributed by atoms with Gasteiger partial charge in [-0.15, -0.1) is 0 Å². The molecule has 2 unspecified atom stereocenters. The molecule has 0 fully saturated rings. The SMILES string of the molecule is COC(=O)C1C=CC(C)C(=O)C1. The largest absolute Gasteiger partial charge is 0.469 e. The molecule has 0 aliphatic heterocycles. The minimum absolute atomic E-state index is 0.0501. The highest BCUT2D eigenvalue weighted by Crippen LogP contribution is 2.19. The van der Waals surface area contributed by atoms with Crippen LogP contribution in [0.4, 0.5) is 0 Å². The number of carbonyl (C=O) groups excluding carboxylic acids is 2.